The molecule has 3 aromatic rings. The summed E-state index contributed by atoms with van der Waals surface area (Å²) in [5.41, 5.74) is 1.72. The standard InChI is InChI=1S/C20H19N5O3S/c1-28-15-9-5-8-14(10-15)21-18(27)16-11-17(26)22-19-23-20(24-25(16)19)29-12-13-6-3-2-4-7-13/h2-10,16H,11-12H2,1H3,(H,21,27)(H,22,23,24,26)/t16-/m1/s1. The highest BCUT2D eigenvalue weighted by Crippen LogP contribution is 2.28. The van der Waals surface area contributed by atoms with Crippen molar-refractivity contribution in [3.63, 3.8) is 0 Å². The van der Waals surface area contributed by atoms with Gasteiger partial charge in [-0.2, -0.15) is 4.98 Å². The number of methoxy groups -OCH3 is 1. The molecule has 9 heteroatoms. The normalized spacial score (nSPS) is 15.3. The van der Waals surface area contributed by atoms with E-state index in [-0.39, 0.29) is 24.2 Å². The van der Waals surface area contributed by atoms with Crippen molar-refractivity contribution in [3.8, 4) is 5.75 Å². The van der Waals surface area contributed by atoms with Crippen LogP contribution in [0.15, 0.2) is 59.8 Å². The lowest BCUT2D eigenvalue weighted by Gasteiger charge is -2.22. The lowest BCUT2D eigenvalue weighted by molar-refractivity contribution is -0.125. The predicted molar refractivity (Wildman–Crippen MR) is 110 cm³/mol. The molecule has 0 aliphatic carbocycles. The molecule has 0 bridgehead atoms. The molecule has 1 aliphatic heterocycles. The Hall–Kier alpha value is -3.33. The molecule has 148 valence electrons. The number of carbonyl (C=O) groups excluding carboxylic acids is 2. The van der Waals surface area contributed by atoms with Crippen LogP contribution in [-0.4, -0.2) is 33.7 Å². The molecule has 0 radical (unpaired) electrons. The van der Waals surface area contributed by atoms with Crippen LogP contribution in [-0.2, 0) is 15.3 Å². The van der Waals surface area contributed by atoms with Crippen molar-refractivity contribution in [2.75, 3.05) is 17.7 Å². The van der Waals surface area contributed by atoms with E-state index in [2.05, 4.69) is 20.7 Å². The van der Waals surface area contributed by atoms with Gasteiger partial charge in [-0.05, 0) is 17.7 Å². The Morgan fingerprint density at radius 1 is 1.28 bits per heavy atom. The highest BCUT2D eigenvalue weighted by atomic mass is 32.2. The Morgan fingerprint density at radius 3 is 2.90 bits per heavy atom. The number of hydrogen-bond donors (Lipinski definition) is 2. The minimum Gasteiger partial charge on any atom is -0.497 e. The van der Waals surface area contributed by atoms with E-state index < -0.39 is 6.04 Å². The van der Waals surface area contributed by atoms with E-state index in [1.165, 1.54) is 16.4 Å². The van der Waals surface area contributed by atoms with Gasteiger partial charge in [0.1, 0.15) is 11.8 Å². The van der Waals surface area contributed by atoms with Gasteiger partial charge in [0.15, 0.2) is 0 Å². The maximum Gasteiger partial charge on any atom is 0.249 e. The number of rotatable bonds is 6. The van der Waals surface area contributed by atoms with Crippen LogP contribution in [0.4, 0.5) is 11.6 Å². The molecular weight excluding hydrogens is 390 g/mol. The maximum atomic E-state index is 12.8. The monoisotopic (exact) mass is 409 g/mol. The zero-order valence-corrected chi connectivity index (χ0v) is 16.5. The molecule has 4 rings (SSSR count). The van der Waals surface area contributed by atoms with E-state index >= 15 is 0 Å². The van der Waals surface area contributed by atoms with Crippen LogP contribution < -0.4 is 15.4 Å². The molecule has 8 nitrogen and oxygen atoms in total. The molecule has 0 fully saturated rings. The van der Waals surface area contributed by atoms with E-state index in [0.29, 0.717) is 22.3 Å². The van der Waals surface area contributed by atoms with Crippen LogP contribution in [0.3, 0.4) is 0 Å². The molecule has 0 saturated heterocycles. The molecule has 0 saturated carbocycles. The van der Waals surface area contributed by atoms with Crippen molar-refractivity contribution < 1.29 is 14.3 Å². The average Bonchev–Trinajstić information content (AvgIpc) is 3.15. The Morgan fingerprint density at radius 2 is 2.10 bits per heavy atom. The largest absolute Gasteiger partial charge is 0.497 e. The van der Waals surface area contributed by atoms with Gasteiger partial charge in [-0.25, -0.2) is 4.68 Å². The number of hydrogen-bond acceptors (Lipinski definition) is 6. The number of anilines is 2. The summed E-state index contributed by atoms with van der Waals surface area (Å²) in [6, 6.07) is 16.2. The third-order valence-electron chi connectivity index (χ3n) is 4.39. The van der Waals surface area contributed by atoms with Crippen molar-refractivity contribution in [2.24, 2.45) is 0 Å². The molecule has 0 spiro atoms. The van der Waals surface area contributed by atoms with Crippen molar-refractivity contribution in [1.82, 2.24) is 14.8 Å². The van der Waals surface area contributed by atoms with E-state index in [1.807, 2.05) is 30.3 Å². The first-order valence-corrected chi connectivity index (χ1v) is 9.99. The van der Waals surface area contributed by atoms with Crippen molar-refractivity contribution in [2.45, 2.75) is 23.4 Å². The number of thioether (sulfide) groups is 1. The lowest BCUT2D eigenvalue weighted by atomic mass is 10.1. The first kappa shape index (κ1) is 19.0. The Balaban J connectivity index is 1.51. The minimum atomic E-state index is -0.775. The number of amides is 2. The lowest BCUT2D eigenvalue weighted by Crippen LogP contribution is -2.36. The first-order chi connectivity index (χ1) is 14.1. The van der Waals surface area contributed by atoms with E-state index in [0.717, 1.165) is 5.56 Å². The summed E-state index contributed by atoms with van der Waals surface area (Å²) in [7, 11) is 1.56. The topological polar surface area (TPSA) is 98.1 Å². The number of carbonyl (C=O) groups is 2. The summed E-state index contributed by atoms with van der Waals surface area (Å²) < 4.78 is 6.65. The second-order valence-electron chi connectivity index (χ2n) is 6.43. The fourth-order valence-corrected chi connectivity index (χ4v) is 3.74. The quantitative estimate of drug-likeness (QED) is 0.607. The Kier molecular flexibility index (Phi) is 5.48. The van der Waals surface area contributed by atoms with Gasteiger partial charge in [0.05, 0.1) is 13.5 Å². The number of nitrogens with one attached hydrogen (secondary N) is 2. The molecule has 2 N–H and O–H groups in total. The second kappa shape index (κ2) is 8.36. The van der Waals surface area contributed by atoms with E-state index in [1.54, 1.807) is 31.4 Å². The van der Waals surface area contributed by atoms with Crippen LogP contribution in [0.1, 0.15) is 18.0 Å². The van der Waals surface area contributed by atoms with Crippen LogP contribution in [0.25, 0.3) is 0 Å². The van der Waals surface area contributed by atoms with Crippen LogP contribution >= 0.6 is 11.8 Å². The molecule has 2 amide bonds. The molecular formula is C20H19N5O3S. The summed E-state index contributed by atoms with van der Waals surface area (Å²) in [6.45, 7) is 0. The number of ether oxygens (including phenoxy) is 1. The third-order valence-corrected chi connectivity index (χ3v) is 5.30. The molecule has 29 heavy (non-hydrogen) atoms. The van der Waals surface area contributed by atoms with Gasteiger partial charge in [0, 0.05) is 17.5 Å². The summed E-state index contributed by atoms with van der Waals surface area (Å²) >= 11 is 1.45. The summed E-state index contributed by atoms with van der Waals surface area (Å²) in [6.07, 6.45) is -0.00501. The highest BCUT2D eigenvalue weighted by Gasteiger charge is 2.33. The predicted octanol–water partition coefficient (Wildman–Crippen LogP) is 3.10. The van der Waals surface area contributed by atoms with Gasteiger partial charge in [0.2, 0.25) is 22.9 Å². The Labute approximate surface area is 171 Å². The molecule has 0 unspecified atom stereocenters. The SMILES string of the molecule is COc1cccc(NC(=O)[C@H]2CC(=O)Nc3nc(SCc4ccccc4)nn32)c1. The van der Waals surface area contributed by atoms with Crippen LogP contribution in [0.5, 0.6) is 5.75 Å². The zero-order chi connectivity index (χ0) is 20.2. The smallest absolute Gasteiger partial charge is 0.249 e. The Bertz CT molecular complexity index is 1040. The summed E-state index contributed by atoms with van der Waals surface area (Å²) in [4.78, 5) is 29.3. The average molecular weight is 409 g/mol. The van der Waals surface area contributed by atoms with Gasteiger partial charge >= 0.3 is 0 Å². The van der Waals surface area contributed by atoms with Gasteiger partial charge in [-0.1, -0.05) is 48.2 Å². The van der Waals surface area contributed by atoms with Crippen molar-refractivity contribution >= 4 is 35.2 Å². The summed E-state index contributed by atoms with van der Waals surface area (Å²) in [5.74, 6) is 1.00. The first-order valence-electron chi connectivity index (χ1n) is 9.00. The molecule has 1 aliphatic rings. The van der Waals surface area contributed by atoms with Crippen LogP contribution in [0, 0.1) is 0 Å². The van der Waals surface area contributed by atoms with Crippen molar-refractivity contribution in [1.29, 1.82) is 0 Å². The molecule has 1 atom stereocenters. The van der Waals surface area contributed by atoms with E-state index in [4.69, 9.17) is 4.74 Å². The van der Waals surface area contributed by atoms with Crippen molar-refractivity contribution in [3.05, 3.63) is 60.2 Å². The van der Waals surface area contributed by atoms with Gasteiger partial charge in [-0.3, -0.25) is 14.9 Å². The zero-order valence-electron chi connectivity index (χ0n) is 15.7. The second-order valence-corrected chi connectivity index (χ2v) is 7.37. The third kappa shape index (κ3) is 4.40. The number of aromatic nitrogens is 3. The van der Waals surface area contributed by atoms with Gasteiger partial charge < -0.3 is 10.1 Å². The molecule has 1 aromatic heterocycles. The number of nitrogens with zero attached hydrogens (tertiary/aromatic N) is 3. The number of benzene rings is 2. The van der Waals surface area contributed by atoms with E-state index in [9.17, 15) is 9.59 Å². The fourth-order valence-electron chi connectivity index (χ4n) is 2.96. The number of fused-ring (bicyclic) bond motifs is 1. The van der Waals surface area contributed by atoms with Gasteiger partial charge in [-0.15, -0.1) is 5.10 Å². The molecule has 2 aromatic carbocycles. The van der Waals surface area contributed by atoms with Gasteiger partial charge in [0.25, 0.3) is 0 Å². The fraction of sp³-hybridized carbons (Fsp3) is 0.200. The summed E-state index contributed by atoms with van der Waals surface area (Å²) in [5, 5.41) is 10.5. The minimum absolute atomic E-state index is 0.00501. The van der Waals surface area contributed by atoms with Crippen LogP contribution in [0.2, 0.25) is 0 Å². The highest BCUT2D eigenvalue weighted by molar-refractivity contribution is 7.98. The molecule has 2 heterocycles. The maximum absolute atomic E-state index is 12.8.